The smallest absolute Gasteiger partial charge is 0.286 e. The SMILES string of the molecule is Cc1ccc(C)c(S(=O)(=O)N2CCC[C@@H]2c2nnc(C(=O)Nc3ccc(F)cc3)s2)c1. The maximum absolute atomic E-state index is 13.4. The van der Waals surface area contributed by atoms with Gasteiger partial charge in [0.25, 0.3) is 5.91 Å². The minimum atomic E-state index is -3.72. The first-order valence-corrected chi connectivity index (χ1v) is 12.0. The number of anilines is 1. The van der Waals surface area contributed by atoms with E-state index in [1.807, 2.05) is 13.0 Å². The van der Waals surface area contributed by atoms with Crippen LogP contribution in [0.1, 0.15) is 44.8 Å². The summed E-state index contributed by atoms with van der Waals surface area (Å²) in [6, 6.07) is 10.3. The monoisotopic (exact) mass is 460 g/mol. The number of halogens is 1. The first kappa shape index (κ1) is 21.5. The first-order chi connectivity index (χ1) is 14.8. The number of rotatable bonds is 5. The number of nitrogens with one attached hydrogen (secondary N) is 1. The van der Waals surface area contributed by atoms with Crippen LogP contribution in [0.2, 0.25) is 0 Å². The lowest BCUT2D eigenvalue weighted by Gasteiger charge is -2.23. The number of amides is 1. The van der Waals surface area contributed by atoms with E-state index in [1.54, 1.807) is 19.1 Å². The van der Waals surface area contributed by atoms with Gasteiger partial charge in [0, 0.05) is 12.2 Å². The lowest BCUT2D eigenvalue weighted by Crippen LogP contribution is -2.31. The summed E-state index contributed by atoms with van der Waals surface area (Å²) in [6.07, 6.45) is 1.31. The number of carbonyl (C=O) groups excluding carboxylic acids is 1. The van der Waals surface area contributed by atoms with Gasteiger partial charge in [0.05, 0.1) is 10.9 Å². The third-order valence-corrected chi connectivity index (χ3v) is 8.23. The van der Waals surface area contributed by atoms with Crippen molar-refractivity contribution in [1.29, 1.82) is 0 Å². The van der Waals surface area contributed by atoms with Crippen molar-refractivity contribution in [3.8, 4) is 0 Å². The van der Waals surface area contributed by atoms with Crippen molar-refractivity contribution < 1.29 is 17.6 Å². The fourth-order valence-electron chi connectivity index (χ4n) is 3.56. The van der Waals surface area contributed by atoms with Crippen LogP contribution in [0.15, 0.2) is 47.4 Å². The number of hydrogen-bond donors (Lipinski definition) is 1. The van der Waals surface area contributed by atoms with E-state index in [1.165, 1.54) is 28.6 Å². The molecule has 0 radical (unpaired) electrons. The van der Waals surface area contributed by atoms with Gasteiger partial charge in [0.2, 0.25) is 15.0 Å². The fraction of sp³-hybridized carbons (Fsp3) is 0.286. The largest absolute Gasteiger partial charge is 0.320 e. The third-order valence-electron chi connectivity index (χ3n) is 5.16. The minimum absolute atomic E-state index is 0.121. The van der Waals surface area contributed by atoms with Crippen molar-refractivity contribution in [2.45, 2.75) is 37.6 Å². The Morgan fingerprint density at radius 2 is 1.90 bits per heavy atom. The molecule has 1 aliphatic heterocycles. The van der Waals surface area contributed by atoms with Gasteiger partial charge in [0.1, 0.15) is 10.8 Å². The number of carbonyl (C=O) groups is 1. The van der Waals surface area contributed by atoms with Gasteiger partial charge in [-0.1, -0.05) is 23.5 Å². The number of benzene rings is 2. The Kier molecular flexibility index (Phi) is 5.87. The second-order valence-corrected chi connectivity index (χ2v) is 10.3. The molecule has 1 aliphatic rings. The van der Waals surface area contributed by atoms with Crippen LogP contribution in [0.3, 0.4) is 0 Å². The maximum atomic E-state index is 13.4. The molecule has 1 amide bonds. The highest BCUT2D eigenvalue weighted by Gasteiger charge is 2.39. The zero-order chi connectivity index (χ0) is 22.2. The Morgan fingerprint density at radius 1 is 1.16 bits per heavy atom. The van der Waals surface area contributed by atoms with Gasteiger partial charge in [-0.05, 0) is 68.1 Å². The predicted molar refractivity (Wildman–Crippen MR) is 116 cm³/mol. The van der Waals surface area contributed by atoms with Crippen LogP contribution < -0.4 is 5.32 Å². The van der Waals surface area contributed by atoms with Gasteiger partial charge in [-0.25, -0.2) is 12.8 Å². The quantitative estimate of drug-likeness (QED) is 0.620. The summed E-state index contributed by atoms with van der Waals surface area (Å²) >= 11 is 1.07. The molecule has 1 N–H and O–H groups in total. The normalized spacial score (nSPS) is 17.1. The highest BCUT2D eigenvalue weighted by atomic mass is 32.2. The van der Waals surface area contributed by atoms with E-state index in [9.17, 15) is 17.6 Å². The number of hydrogen-bond acceptors (Lipinski definition) is 6. The molecule has 1 saturated heterocycles. The van der Waals surface area contributed by atoms with E-state index in [2.05, 4.69) is 15.5 Å². The summed E-state index contributed by atoms with van der Waals surface area (Å²) in [5, 5.41) is 11.3. The Balaban J connectivity index is 1.57. The summed E-state index contributed by atoms with van der Waals surface area (Å²) in [5.41, 5.74) is 1.99. The third kappa shape index (κ3) is 4.36. The number of sulfonamides is 1. The molecule has 0 unspecified atom stereocenters. The molecular formula is C21H21FN4O3S2. The van der Waals surface area contributed by atoms with E-state index < -0.39 is 27.8 Å². The summed E-state index contributed by atoms with van der Waals surface area (Å²) in [7, 11) is -3.72. The highest BCUT2D eigenvalue weighted by Crippen LogP contribution is 2.38. The van der Waals surface area contributed by atoms with E-state index in [0.717, 1.165) is 16.9 Å². The Bertz CT molecular complexity index is 1230. The molecule has 162 valence electrons. The molecule has 7 nitrogen and oxygen atoms in total. The molecule has 2 aromatic carbocycles. The van der Waals surface area contributed by atoms with Crippen LogP contribution in [0, 0.1) is 19.7 Å². The van der Waals surface area contributed by atoms with Crippen molar-refractivity contribution in [2.75, 3.05) is 11.9 Å². The molecule has 4 rings (SSSR count). The van der Waals surface area contributed by atoms with Crippen molar-refractivity contribution in [1.82, 2.24) is 14.5 Å². The number of aromatic nitrogens is 2. The molecule has 0 saturated carbocycles. The highest BCUT2D eigenvalue weighted by molar-refractivity contribution is 7.89. The molecule has 0 aliphatic carbocycles. The van der Waals surface area contributed by atoms with Gasteiger partial charge in [-0.3, -0.25) is 4.79 Å². The first-order valence-electron chi connectivity index (χ1n) is 9.75. The van der Waals surface area contributed by atoms with Gasteiger partial charge in [-0.2, -0.15) is 4.31 Å². The van der Waals surface area contributed by atoms with Crippen LogP contribution in [0.5, 0.6) is 0 Å². The zero-order valence-electron chi connectivity index (χ0n) is 17.0. The summed E-state index contributed by atoms with van der Waals surface area (Å²) < 4.78 is 41.2. The van der Waals surface area contributed by atoms with E-state index in [0.29, 0.717) is 35.6 Å². The van der Waals surface area contributed by atoms with Crippen molar-refractivity contribution in [3.63, 3.8) is 0 Å². The van der Waals surface area contributed by atoms with Crippen LogP contribution >= 0.6 is 11.3 Å². The van der Waals surface area contributed by atoms with E-state index in [-0.39, 0.29) is 9.90 Å². The zero-order valence-corrected chi connectivity index (χ0v) is 18.6. The van der Waals surface area contributed by atoms with Crippen LogP contribution in [0.4, 0.5) is 10.1 Å². The van der Waals surface area contributed by atoms with Crippen LogP contribution in [-0.4, -0.2) is 35.4 Å². The maximum Gasteiger partial charge on any atom is 0.286 e. The van der Waals surface area contributed by atoms with Gasteiger partial charge in [-0.15, -0.1) is 10.2 Å². The summed E-state index contributed by atoms with van der Waals surface area (Å²) in [5.74, 6) is -0.875. The Morgan fingerprint density at radius 3 is 2.65 bits per heavy atom. The Labute approximate surface area is 184 Å². The van der Waals surface area contributed by atoms with E-state index in [4.69, 9.17) is 0 Å². The van der Waals surface area contributed by atoms with Gasteiger partial charge < -0.3 is 5.32 Å². The molecule has 0 bridgehead atoms. The second-order valence-electron chi connectivity index (χ2n) is 7.45. The average Bonchev–Trinajstić information content (AvgIpc) is 3.41. The summed E-state index contributed by atoms with van der Waals surface area (Å²) in [6.45, 7) is 4.02. The molecule has 10 heteroatoms. The van der Waals surface area contributed by atoms with Gasteiger partial charge in [0.15, 0.2) is 0 Å². The van der Waals surface area contributed by atoms with Crippen molar-refractivity contribution >= 4 is 33.0 Å². The molecule has 1 atom stereocenters. The molecular weight excluding hydrogens is 439 g/mol. The molecule has 0 spiro atoms. The molecule has 1 fully saturated rings. The Hall–Kier alpha value is -2.69. The standard InChI is InChI=1S/C21H21FN4O3S2/c1-13-5-6-14(2)18(12-13)31(28,29)26-11-3-4-17(26)20-24-25-21(30-20)19(27)23-16-9-7-15(22)8-10-16/h5-10,12,17H,3-4,11H2,1-2H3,(H,23,27)/t17-/m1/s1. The second kappa shape index (κ2) is 8.45. The lowest BCUT2D eigenvalue weighted by atomic mass is 10.2. The average molecular weight is 461 g/mol. The molecule has 1 aromatic heterocycles. The topological polar surface area (TPSA) is 92.3 Å². The van der Waals surface area contributed by atoms with Crippen molar-refractivity contribution in [2.24, 2.45) is 0 Å². The van der Waals surface area contributed by atoms with Crippen LogP contribution in [0.25, 0.3) is 0 Å². The minimum Gasteiger partial charge on any atom is -0.320 e. The van der Waals surface area contributed by atoms with Crippen LogP contribution in [-0.2, 0) is 10.0 Å². The molecule has 3 aromatic rings. The number of nitrogens with zero attached hydrogens (tertiary/aromatic N) is 3. The van der Waals surface area contributed by atoms with Gasteiger partial charge >= 0.3 is 0 Å². The molecule has 2 heterocycles. The lowest BCUT2D eigenvalue weighted by molar-refractivity contribution is 0.102. The van der Waals surface area contributed by atoms with Crippen molar-refractivity contribution in [3.05, 3.63) is 69.4 Å². The number of aryl methyl sites for hydroxylation is 2. The predicted octanol–water partition coefficient (Wildman–Crippen LogP) is 4.07. The summed E-state index contributed by atoms with van der Waals surface area (Å²) in [4.78, 5) is 12.8. The molecule has 31 heavy (non-hydrogen) atoms. The van der Waals surface area contributed by atoms with E-state index >= 15 is 0 Å². The fourth-order valence-corrected chi connectivity index (χ4v) is 6.49.